The summed E-state index contributed by atoms with van der Waals surface area (Å²) in [6.45, 7) is 2.92. The number of amides is 2. The second-order valence-electron chi connectivity index (χ2n) is 4.63. The second-order valence-corrected chi connectivity index (χ2v) is 4.63. The molecule has 1 heterocycles. The van der Waals surface area contributed by atoms with E-state index in [1.54, 1.807) is 4.90 Å². The van der Waals surface area contributed by atoms with Gasteiger partial charge in [-0.3, -0.25) is 0 Å². The SMILES string of the molecule is COC(=O)C1CN(C(=O)Nc2cccc(C)c2)CCO1. The van der Waals surface area contributed by atoms with Crippen molar-refractivity contribution < 1.29 is 19.1 Å². The van der Waals surface area contributed by atoms with Gasteiger partial charge in [0.05, 0.1) is 20.3 Å². The predicted molar refractivity (Wildman–Crippen MR) is 73.5 cm³/mol. The number of rotatable bonds is 2. The van der Waals surface area contributed by atoms with E-state index in [0.29, 0.717) is 13.2 Å². The predicted octanol–water partition coefficient (Wildman–Crippen LogP) is 1.40. The van der Waals surface area contributed by atoms with Gasteiger partial charge < -0.3 is 19.7 Å². The molecule has 1 aromatic carbocycles. The highest BCUT2D eigenvalue weighted by molar-refractivity contribution is 5.90. The first-order valence-corrected chi connectivity index (χ1v) is 6.42. The van der Waals surface area contributed by atoms with Crippen molar-refractivity contribution in [2.24, 2.45) is 0 Å². The number of hydrogen-bond donors (Lipinski definition) is 1. The Labute approximate surface area is 117 Å². The second kappa shape index (κ2) is 6.38. The average Bonchev–Trinajstić information content (AvgIpc) is 2.46. The molecule has 20 heavy (non-hydrogen) atoms. The molecule has 1 aromatic rings. The Morgan fingerprint density at radius 3 is 2.95 bits per heavy atom. The number of morpholine rings is 1. The van der Waals surface area contributed by atoms with Crippen LogP contribution in [0.5, 0.6) is 0 Å². The van der Waals surface area contributed by atoms with Gasteiger partial charge in [0, 0.05) is 12.2 Å². The van der Waals surface area contributed by atoms with E-state index >= 15 is 0 Å². The number of nitrogens with zero attached hydrogens (tertiary/aromatic N) is 1. The van der Waals surface area contributed by atoms with Crippen molar-refractivity contribution in [3.8, 4) is 0 Å². The maximum Gasteiger partial charge on any atom is 0.336 e. The lowest BCUT2D eigenvalue weighted by molar-refractivity contribution is -0.158. The molecule has 1 atom stereocenters. The van der Waals surface area contributed by atoms with Gasteiger partial charge in [-0.25, -0.2) is 9.59 Å². The lowest BCUT2D eigenvalue weighted by Crippen LogP contribution is -2.50. The van der Waals surface area contributed by atoms with Gasteiger partial charge in [0.1, 0.15) is 0 Å². The largest absolute Gasteiger partial charge is 0.467 e. The van der Waals surface area contributed by atoms with Crippen molar-refractivity contribution in [2.45, 2.75) is 13.0 Å². The van der Waals surface area contributed by atoms with Crippen molar-refractivity contribution in [2.75, 3.05) is 32.1 Å². The molecule has 1 N–H and O–H groups in total. The smallest absolute Gasteiger partial charge is 0.336 e. The third-order valence-electron chi connectivity index (χ3n) is 3.09. The normalized spacial score (nSPS) is 18.5. The van der Waals surface area contributed by atoms with Gasteiger partial charge in [-0.05, 0) is 24.6 Å². The van der Waals surface area contributed by atoms with E-state index < -0.39 is 12.1 Å². The number of nitrogens with one attached hydrogen (secondary N) is 1. The third kappa shape index (κ3) is 3.48. The Morgan fingerprint density at radius 1 is 1.45 bits per heavy atom. The number of methoxy groups -OCH3 is 1. The zero-order chi connectivity index (χ0) is 14.5. The first kappa shape index (κ1) is 14.3. The molecule has 6 nitrogen and oxygen atoms in total. The van der Waals surface area contributed by atoms with E-state index in [-0.39, 0.29) is 12.6 Å². The Morgan fingerprint density at radius 2 is 2.25 bits per heavy atom. The zero-order valence-corrected chi connectivity index (χ0v) is 11.6. The Kier molecular flexibility index (Phi) is 4.57. The van der Waals surface area contributed by atoms with Gasteiger partial charge in [0.15, 0.2) is 6.10 Å². The maximum absolute atomic E-state index is 12.1. The number of hydrogen-bond acceptors (Lipinski definition) is 4. The van der Waals surface area contributed by atoms with E-state index in [4.69, 9.17) is 4.74 Å². The minimum absolute atomic E-state index is 0.199. The summed E-state index contributed by atoms with van der Waals surface area (Å²) in [6, 6.07) is 7.30. The van der Waals surface area contributed by atoms with Crippen LogP contribution in [0.3, 0.4) is 0 Å². The monoisotopic (exact) mass is 278 g/mol. The van der Waals surface area contributed by atoms with E-state index in [1.165, 1.54) is 7.11 Å². The minimum atomic E-state index is -0.711. The van der Waals surface area contributed by atoms with Crippen LogP contribution in [-0.4, -0.2) is 49.8 Å². The molecule has 0 aromatic heterocycles. The fraction of sp³-hybridized carbons (Fsp3) is 0.429. The minimum Gasteiger partial charge on any atom is -0.467 e. The lowest BCUT2D eigenvalue weighted by Gasteiger charge is -2.31. The summed E-state index contributed by atoms with van der Waals surface area (Å²) in [6.07, 6.45) is -0.711. The molecule has 1 aliphatic rings. The molecule has 2 amide bonds. The molecule has 6 heteroatoms. The van der Waals surface area contributed by atoms with Gasteiger partial charge in [-0.2, -0.15) is 0 Å². The summed E-state index contributed by atoms with van der Waals surface area (Å²) < 4.78 is 9.91. The molecular formula is C14H18N2O4. The molecule has 108 valence electrons. The van der Waals surface area contributed by atoms with Crippen LogP contribution in [0.4, 0.5) is 10.5 Å². The number of carbonyl (C=O) groups is 2. The van der Waals surface area contributed by atoms with Crippen molar-refractivity contribution in [3.05, 3.63) is 29.8 Å². The van der Waals surface area contributed by atoms with Gasteiger partial charge in [0.25, 0.3) is 0 Å². The fourth-order valence-corrected chi connectivity index (χ4v) is 2.03. The Bertz CT molecular complexity index is 504. The van der Waals surface area contributed by atoms with Crippen LogP contribution in [0.25, 0.3) is 0 Å². The average molecular weight is 278 g/mol. The molecule has 0 spiro atoms. The molecule has 1 saturated heterocycles. The van der Waals surface area contributed by atoms with Gasteiger partial charge in [-0.15, -0.1) is 0 Å². The molecule has 0 radical (unpaired) electrons. The number of carbonyl (C=O) groups excluding carboxylic acids is 2. The summed E-state index contributed by atoms with van der Waals surface area (Å²) in [5, 5.41) is 2.81. The molecule has 1 aliphatic heterocycles. The molecule has 1 unspecified atom stereocenters. The summed E-state index contributed by atoms with van der Waals surface area (Å²) in [7, 11) is 1.30. The van der Waals surface area contributed by atoms with Crippen LogP contribution in [0.1, 0.15) is 5.56 Å². The van der Waals surface area contributed by atoms with Gasteiger partial charge in [0.2, 0.25) is 0 Å². The van der Waals surface area contributed by atoms with Crippen LogP contribution in [-0.2, 0) is 14.3 Å². The van der Waals surface area contributed by atoms with E-state index in [9.17, 15) is 9.59 Å². The maximum atomic E-state index is 12.1. The number of esters is 1. The lowest BCUT2D eigenvalue weighted by atomic mass is 10.2. The molecule has 1 fully saturated rings. The summed E-state index contributed by atoms with van der Waals surface area (Å²) in [5.74, 6) is -0.460. The quantitative estimate of drug-likeness (QED) is 0.830. The summed E-state index contributed by atoms with van der Waals surface area (Å²) >= 11 is 0. The van der Waals surface area contributed by atoms with E-state index in [0.717, 1.165) is 11.3 Å². The van der Waals surface area contributed by atoms with E-state index in [1.807, 2.05) is 31.2 Å². The molecule has 0 aliphatic carbocycles. The van der Waals surface area contributed by atoms with Crippen LogP contribution >= 0.6 is 0 Å². The number of benzene rings is 1. The van der Waals surface area contributed by atoms with Crippen LogP contribution in [0.15, 0.2) is 24.3 Å². The molecule has 0 saturated carbocycles. The summed E-state index contributed by atoms with van der Waals surface area (Å²) in [5.41, 5.74) is 1.80. The fourth-order valence-electron chi connectivity index (χ4n) is 2.03. The van der Waals surface area contributed by atoms with Crippen molar-refractivity contribution >= 4 is 17.7 Å². The first-order chi connectivity index (χ1) is 9.60. The van der Waals surface area contributed by atoms with Gasteiger partial charge >= 0.3 is 12.0 Å². The third-order valence-corrected chi connectivity index (χ3v) is 3.09. The van der Waals surface area contributed by atoms with E-state index in [2.05, 4.69) is 10.1 Å². The van der Waals surface area contributed by atoms with Crippen molar-refractivity contribution in [1.29, 1.82) is 0 Å². The van der Waals surface area contributed by atoms with Crippen LogP contribution < -0.4 is 5.32 Å². The number of anilines is 1. The highest BCUT2D eigenvalue weighted by atomic mass is 16.6. The van der Waals surface area contributed by atoms with Crippen molar-refractivity contribution in [3.63, 3.8) is 0 Å². The van der Waals surface area contributed by atoms with Gasteiger partial charge in [-0.1, -0.05) is 12.1 Å². The Balaban J connectivity index is 1.97. The molecule has 0 bridgehead atoms. The number of aryl methyl sites for hydroxylation is 1. The number of ether oxygens (including phenoxy) is 2. The molecule has 2 rings (SSSR count). The number of urea groups is 1. The highest BCUT2D eigenvalue weighted by Gasteiger charge is 2.29. The standard InChI is InChI=1S/C14H18N2O4/c1-10-4-3-5-11(8-10)15-14(18)16-6-7-20-12(9-16)13(17)19-2/h3-5,8,12H,6-7,9H2,1-2H3,(H,15,18). The summed E-state index contributed by atoms with van der Waals surface area (Å²) in [4.78, 5) is 25.1. The van der Waals surface area contributed by atoms with Crippen LogP contribution in [0.2, 0.25) is 0 Å². The topological polar surface area (TPSA) is 67.9 Å². The highest BCUT2D eigenvalue weighted by Crippen LogP contribution is 2.12. The van der Waals surface area contributed by atoms with Crippen molar-refractivity contribution in [1.82, 2.24) is 4.90 Å². The molecular weight excluding hydrogens is 260 g/mol. The first-order valence-electron chi connectivity index (χ1n) is 6.42. The van der Waals surface area contributed by atoms with Crippen LogP contribution in [0, 0.1) is 6.92 Å². The Hall–Kier alpha value is -2.08. The zero-order valence-electron chi connectivity index (χ0n) is 11.6.